The largest absolute Gasteiger partial charge is 0.394 e. The molecule has 19 heavy (non-hydrogen) atoms. The van der Waals surface area contributed by atoms with Crippen molar-refractivity contribution in [2.24, 2.45) is 5.92 Å². The number of aromatic nitrogens is 2. The highest BCUT2D eigenvalue weighted by atomic mass is 127. The fourth-order valence-corrected chi connectivity index (χ4v) is 2.44. The van der Waals surface area contributed by atoms with E-state index >= 15 is 0 Å². The average molecular weight is 388 g/mol. The Kier molecular flexibility index (Phi) is 4.36. The summed E-state index contributed by atoms with van der Waals surface area (Å²) in [5, 5.41) is 9.01. The van der Waals surface area contributed by atoms with Gasteiger partial charge in [-0.15, -0.1) is 0 Å². The van der Waals surface area contributed by atoms with Crippen LogP contribution in [0.2, 0.25) is 0 Å². The fraction of sp³-hybridized carbons (Fsp3) is 0.600. The maximum absolute atomic E-state index is 14.1. The third kappa shape index (κ3) is 2.58. The first-order valence-electron chi connectivity index (χ1n) is 5.47. The predicted octanol–water partition coefficient (Wildman–Crippen LogP) is -0.0453. The first kappa shape index (κ1) is 14.6. The first-order valence-corrected chi connectivity index (χ1v) is 6.54. The number of nitrogens with zero attached hydrogens (tertiary/aromatic N) is 1. The van der Waals surface area contributed by atoms with Gasteiger partial charge >= 0.3 is 5.69 Å². The molecule has 0 amide bonds. The molecule has 6 nitrogen and oxygen atoms in total. The van der Waals surface area contributed by atoms with Crippen LogP contribution in [-0.2, 0) is 4.74 Å². The summed E-state index contributed by atoms with van der Waals surface area (Å²) in [7, 11) is 0. The molecular formula is C10H11F2IN2O4. The molecule has 0 saturated carbocycles. The molecule has 0 aromatic carbocycles. The van der Waals surface area contributed by atoms with E-state index in [2.05, 4.69) is 0 Å². The molecule has 1 aromatic heterocycles. The summed E-state index contributed by atoms with van der Waals surface area (Å²) >= 11 is 1.68. The normalized spacial score (nSPS) is 30.7. The first-order chi connectivity index (χ1) is 8.99. The second-order valence-corrected chi connectivity index (χ2v) is 5.32. The highest BCUT2D eigenvalue weighted by molar-refractivity contribution is 14.1. The summed E-state index contributed by atoms with van der Waals surface area (Å²) in [5.74, 6) is -1.13. The number of halogens is 3. The minimum absolute atomic E-state index is 0.178. The Morgan fingerprint density at radius 3 is 2.74 bits per heavy atom. The molecule has 1 aliphatic rings. The van der Waals surface area contributed by atoms with Crippen LogP contribution in [0.15, 0.2) is 15.8 Å². The lowest BCUT2D eigenvalue weighted by molar-refractivity contribution is -0.0432. The number of hydrogen-bond donors (Lipinski definition) is 2. The van der Waals surface area contributed by atoms with Gasteiger partial charge in [0, 0.05) is 6.20 Å². The lowest BCUT2D eigenvalue weighted by Crippen LogP contribution is -2.36. The van der Waals surface area contributed by atoms with E-state index in [4.69, 9.17) is 9.84 Å². The Bertz CT molecular complexity index is 575. The summed E-state index contributed by atoms with van der Waals surface area (Å²) in [4.78, 5) is 24.8. The molecule has 106 valence electrons. The van der Waals surface area contributed by atoms with Crippen LogP contribution in [0.4, 0.5) is 8.78 Å². The molecule has 9 heteroatoms. The number of hydrogen-bond acceptors (Lipinski definition) is 4. The van der Waals surface area contributed by atoms with Crippen LogP contribution in [0.1, 0.15) is 6.23 Å². The van der Waals surface area contributed by atoms with E-state index in [1.165, 1.54) is 0 Å². The van der Waals surface area contributed by atoms with Crippen LogP contribution in [0.25, 0.3) is 0 Å². The lowest BCUT2D eigenvalue weighted by Gasteiger charge is -2.16. The van der Waals surface area contributed by atoms with E-state index in [0.717, 1.165) is 10.8 Å². The number of alkyl halides is 2. The number of ether oxygens (including phenoxy) is 1. The van der Waals surface area contributed by atoms with Crippen molar-refractivity contribution < 1.29 is 18.6 Å². The topological polar surface area (TPSA) is 84.3 Å². The van der Waals surface area contributed by atoms with Gasteiger partial charge in [0.05, 0.1) is 28.9 Å². The number of aromatic amines is 1. The van der Waals surface area contributed by atoms with Gasteiger partial charge in [-0.3, -0.25) is 18.7 Å². The Morgan fingerprint density at radius 2 is 2.21 bits per heavy atom. The summed E-state index contributed by atoms with van der Waals surface area (Å²) < 4.78 is 33.0. The Labute approximate surface area is 119 Å². The molecule has 0 radical (unpaired) electrons. The van der Waals surface area contributed by atoms with E-state index in [-0.39, 0.29) is 3.57 Å². The van der Waals surface area contributed by atoms with Crippen LogP contribution in [-0.4, -0.2) is 40.2 Å². The molecule has 2 rings (SSSR count). The van der Waals surface area contributed by atoms with Gasteiger partial charge in [-0.2, -0.15) is 0 Å². The summed E-state index contributed by atoms with van der Waals surface area (Å²) in [6.45, 7) is -1.54. The van der Waals surface area contributed by atoms with Gasteiger partial charge in [-0.05, 0) is 22.6 Å². The Hall–Kier alpha value is -0.810. The van der Waals surface area contributed by atoms with E-state index in [1.807, 2.05) is 4.98 Å². The van der Waals surface area contributed by atoms with Gasteiger partial charge in [0.2, 0.25) is 0 Å². The van der Waals surface area contributed by atoms with Gasteiger partial charge in [-0.25, -0.2) is 9.18 Å². The molecule has 1 aromatic rings. The van der Waals surface area contributed by atoms with Crippen molar-refractivity contribution in [1.29, 1.82) is 0 Å². The molecule has 1 fully saturated rings. The summed E-state index contributed by atoms with van der Waals surface area (Å²) in [5.41, 5.74) is -1.43. The molecule has 0 bridgehead atoms. The van der Waals surface area contributed by atoms with Gasteiger partial charge < -0.3 is 9.84 Å². The lowest BCUT2D eigenvalue weighted by atomic mass is 10.0. The average Bonchev–Trinajstić information content (AvgIpc) is 2.70. The number of aliphatic hydroxyl groups excluding tert-OH is 1. The Balaban J connectivity index is 2.41. The maximum Gasteiger partial charge on any atom is 0.330 e. The van der Waals surface area contributed by atoms with Crippen molar-refractivity contribution in [3.8, 4) is 0 Å². The number of H-pyrrole nitrogens is 1. The summed E-state index contributed by atoms with van der Waals surface area (Å²) in [6.07, 6.45) is -2.99. The van der Waals surface area contributed by atoms with Crippen molar-refractivity contribution in [2.75, 3.05) is 13.3 Å². The smallest absolute Gasteiger partial charge is 0.330 e. The van der Waals surface area contributed by atoms with Crippen molar-refractivity contribution in [1.82, 2.24) is 9.55 Å². The molecule has 1 saturated heterocycles. The van der Waals surface area contributed by atoms with Gasteiger partial charge in [0.15, 0.2) is 12.4 Å². The van der Waals surface area contributed by atoms with Crippen molar-refractivity contribution in [3.63, 3.8) is 0 Å². The second-order valence-electron chi connectivity index (χ2n) is 4.15. The molecule has 2 heterocycles. The second kappa shape index (κ2) is 5.67. The SMILES string of the molecule is O=c1[nH]c(=O)n(C2O[C@H](CO)[C@H](CF)[C@@H]2F)cc1I. The van der Waals surface area contributed by atoms with Gasteiger partial charge in [-0.1, -0.05) is 0 Å². The zero-order valence-corrected chi connectivity index (χ0v) is 11.7. The molecule has 4 atom stereocenters. The fourth-order valence-electron chi connectivity index (χ4n) is 2.00. The van der Waals surface area contributed by atoms with E-state index in [0.29, 0.717) is 0 Å². The van der Waals surface area contributed by atoms with Crippen LogP contribution in [0, 0.1) is 9.49 Å². The third-order valence-corrected chi connectivity index (χ3v) is 3.80. The Morgan fingerprint density at radius 1 is 1.53 bits per heavy atom. The highest BCUT2D eigenvalue weighted by Crippen LogP contribution is 2.35. The predicted molar refractivity (Wildman–Crippen MR) is 69.4 cm³/mol. The molecule has 0 aliphatic carbocycles. The van der Waals surface area contributed by atoms with Crippen molar-refractivity contribution in [3.05, 3.63) is 30.6 Å². The van der Waals surface area contributed by atoms with E-state index < -0.39 is 49.0 Å². The van der Waals surface area contributed by atoms with Crippen LogP contribution in [0.3, 0.4) is 0 Å². The molecule has 2 N–H and O–H groups in total. The van der Waals surface area contributed by atoms with E-state index in [1.54, 1.807) is 22.6 Å². The minimum atomic E-state index is -1.78. The molecule has 1 aliphatic heterocycles. The monoisotopic (exact) mass is 388 g/mol. The quantitative estimate of drug-likeness (QED) is 0.712. The van der Waals surface area contributed by atoms with E-state index in [9.17, 15) is 18.4 Å². The number of rotatable bonds is 3. The van der Waals surface area contributed by atoms with Crippen LogP contribution < -0.4 is 11.2 Å². The standard InChI is InChI=1S/C10H11F2IN2O4/c11-1-4-6(3-16)19-9(7(4)12)15-2-5(13)8(17)14-10(15)18/h2,4,6-7,9,16H,1,3H2,(H,14,17,18)/t4-,6+,7-,9?/m0/s1. The van der Waals surface area contributed by atoms with Crippen LogP contribution >= 0.6 is 22.6 Å². The van der Waals surface area contributed by atoms with Crippen molar-refractivity contribution in [2.45, 2.75) is 18.5 Å². The zero-order chi connectivity index (χ0) is 14.2. The third-order valence-electron chi connectivity index (χ3n) is 3.03. The van der Waals surface area contributed by atoms with Gasteiger partial charge in [0.1, 0.15) is 0 Å². The summed E-state index contributed by atoms with van der Waals surface area (Å²) in [6, 6.07) is 0. The molecular weight excluding hydrogens is 377 g/mol. The van der Waals surface area contributed by atoms with Crippen LogP contribution in [0.5, 0.6) is 0 Å². The van der Waals surface area contributed by atoms with Gasteiger partial charge in [0.25, 0.3) is 5.56 Å². The molecule has 1 unspecified atom stereocenters. The highest BCUT2D eigenvalue weighted by Gasteiger charge is 2.46. The minimum Gasteiger partial charge on any atom is -0.394 e. The number of nitrogens with one attached hydrogen (secondary N) is 1. The maximum atomic E-state index is 14.1. The zero-order valence-electron chi connectivity index (χ0n) is 9.55. The molecule has 0 spiro atoms. The van der Waals surface area contributed by atoms with Crippen molar-refractivity contribution >= 4 is 22.6 Å². The number of aliphatic hydroxyl groups is 1.